The Kier molecular flexibility index (Phi) is 3.40. The van der Waals surface area contributed by atoms with Gasteiger partial charge in [0.05, 0.1) is 0 Å². The largest absolute Gasteiger partial charge is 0.225 e. The minimum Gasteiger partial charge on any atom is -0.225 e. The zero-order valence-electron chi connectivity index (χ0n) is 8.10. The normalized spacial score (nSPS) is 10.2. The minimum atomic E-state index is 0.834. The van der Waals surface area contributed by atoms with Gasteiger partial charge in [-0.1, -0.05) is 34.1 Å². The molecular formula is C11H10BrN3. The summed E-state index contributed by atoms with van der Waals surface area (Å²) in [6.07, 6.45) is 4.83. The summed E-state index contributed by atoms with van der Waals surface area (Å²) in [6.45, 7) is 0. The highest BCUT2D eigenvalue weighted by atomic mass is 79.9. The van der Waals surface area contributed by atoms with Gasteiger partial charge in [-0.25, -0.2) is 15.0 Å². The zero-order chi connectivity index (χ0) is 10.5. The molecular weight excluding hydrogens is 254 g/mol. The van der Waals surface area contributed by atoms with Crippen molar-refractivity contribution in [2.24, 2.45) is 0 Å². The van der Waals surface area contributed by atoms with Gasteiger partial charge in [-0.3, -0.25) is 0 Å². The lowest BCUT2D eigenvalue weighted by Gasteiger charge is -2.02. The lowest BCUT2D eigenvalue weighted by molar-refractivity contribution is 0.833. The molecule has 2 rings (SSSR count). The summed E-state index contributed by atoms with van der Waals surface area (Å²) in [7, 11) is 0. The first kappa shape index (κ1) is 10.2. The topological polar surface area (TPSA) is 38.7 Å². The predicted octanol–water partition coefficient (Wildman–Crippen LogP) is 2.42. The highest BCUT2D eigenvalue weighted by molar-refractivity contribution is 9.10. The predicted molar refractivity (Wildman–Crippen MR) is 61.4 cm³/mol. The van der Waals surface area contributed by atoms with Crippen LogP contribution in [0, 0.1) is 0 Å². The molecule has 0 unspecified atom stereocenters. The number of hydrogen-bond donors (Lipinski definition) is 0. The first-order valence-electron chi connectivity index (χ1n) is 4.70. The Bertz CT molecular complexity index is 431. The molecule has 2 aromatic rings. The Morgan fingerprint density at radius 1 is 1.00 bits per heavy atom. The van der Waals surface area contributed by atoms with E-state index in [0.717, 1.165) is 23.1 Å². The molecule has 15 heavy (non-hydrogen) atoms. The van der Waals surface area contributed by atoms with Crippen LogP contribution in [-0.4, -0.2) is 15.0 Å². The van der Waals surface area contributed by atoms with E-state index in [1.165, 1.54) is 18.2 Å². The zero-order valence-corrected chi connectivity index (χ0v) is 9.68. The molecule has 0 bridgehead atoms. The van der Waals surface area contributed by atoms with Gasteiger partial charge in [0, 0.05) is 10.9 Å². The van der Waals surface area contributed by atoms with Crippen molar-refractivity contribution >= 4 is 15.9 Å². The molecule has 0 radical (unpaired) electrons. The number of aromatic nitrogens is 3. The Morgan fingerprint density at radius 2 is 1.73 bits per heavy atom. The number of aryl methyl sites for hydroxylation is 2. The molecule has 0 fully saturated rings. The van der Waals surface area contributed by atoms with Crippen molar-refractivity contribution in [2.45, 2.75) is 12.8 Å². The van der Waals surface area contributed by atoms with Crippen molar-refractivity contribution in [3.8, 4) is 0 Å². The Hall–Kier alpha value is -1.29. The highest BCUT2D eigenvalue weighted by Gasteiger charge is 2.00. The van der Waals surface area contributed by atoms with Crippen molar-refractivity contribution in [3.63, 3.8) is 0 Å². The maximum atomic E-state index is 4.09. The summed E-state index contributed by atoms with van der Waals surface area (Å²) in [5.74, 6) is 0.834. The van der Waals surface area contributed by atoms with Crippen molar-refractivity contribution in [2.75, 3.05) is 0 Å². The van der Waals surface area contributed by atoms with E-state index in [2.05, 4.69) is 36.9 Å². The van der Waals surface area contributed by atoms with E-state index >= 15 is 0 Å². The molecule has 0 atom stereocenters. The van der Waals surface area contributed by atoms with E-state index < -0.39 is 0 Å². The molecule has 4 heteroatoms. The molecule has 0 N–H and O–H groups in total. The van der Waals surface area contributed by atoms with Crippen molar-refractivity contribution in [1.29, 1.82) is 0 Å². The molecule has 1 aromatic heterocycles. The summed E-state index contributed by atoms with van der Waals surface area (Å²) >= 11 is 3.52. The Morgan fingerprint density at radius 3 is 2.47 bits per heavy atom. The van der Waals surface area contributed by atoms with E-state index in [-0.39, 0.29) is 0 Å². The molecule has 0 amide bonds. The monoisotopic (exact) mass is 263 g/mol. The molecule has 1 aromatic carbocycles. The van der Waals surface area contributed by atoms with E-state index in [1.54, 1.807) is 0 Å². The molecule has 0 aliphatic rings. The van der Waals surface area contributed by atoms with Gasteiger partial charge in [-0.15, -0.1) is 0 Å². The Labute approximate surface area is 96.7 Å². The fourth-order valence-electron chi connectivity index (χ4n) is 1.34. The number of halogens is 1. The number of rotatable bonds is 3. The molecule has 3 nitrogen and oxygen atoms in total. The average Bonchev–Trinajstić information content (AvgIpc) is 2.29. The second-order valence-electron chi connectivity index (χ2n) is 3.15. The van der Waals surface area contributed by atoms with Gasteiger partial charge >= 0.3 is 0 Å². The molecule has 0 saturated heterocycles. The number of benzene rings is 1. The van der Waals surface area contributed by atoms with E-state index in [9.17, 15) is 0 Å². The first-order chi connectivity index (χ1) is 7.36. The van der Waals surface area contributed by atoms with Crippen LogP contribution in [0.1, 0.15) is 11.4 Å². The van der Waals surface area contributed by atoms with Gasteiger partial charge in [-0.2, -0.15) is 0 Å². The second kappa shape index (κ2) is 4.98. The quantitative estimate of drug-likeness (QED) is 0.854. The molecule has 0 aliphatic heterocycles. The van der Waals surface area contributed by atoms with Crippen LogP contribution in [-0.2, 0) is 12.8 Å². The van der Waals surface area contributed by atoms with Gasteiger partial charge in [0.15, 0.2) is 0 Å². The maximum absolute atomic E-state index is 4.09. The van der Waals surface area contributed by atoms with E-state index in [1.807, 2.05) is 18.2 Å². The van der Waals surface area contributed by atoms with Gasteiger partial charge in [-0.05, 0) is 18.1 Å². The fraction of sp³-hybridized carbons (Fsp3) is 0.182. The third-order valence-corrected chi connectivity index (χ3v) is 2.90. The van der Waals surface area contributed by atoms with Crippen LogP contribution in [0.4, 0.5) is 0 Å². The van der Waals surface area contributed by atoms with Gasteiger partial charge in [0.1, 0.15) is 18.5 Å². The second-order valence-corrected chi connectivity index (χ2v) is 4.00. The maximum Gasteiger partial charge on any atom is 0.132 e. The van der Waals surface area contributed by atoms with Crippen LogP contribution < -0.4 is 0 Å². The third-order valence-electron chi connectivity index (χ3n) is 2.12. The summed E-state index contributed by atoms with van der Waals surface area (Å²) in [5.41, 5.74) is 1.28. The van der Waals surface area contributed by atoms with Crippen LogP contribution in [0.2, 0.25) is 0 Å². The standard InChI is InChI=1S/C11H10BrN3/c12-10-4-2-1-3-9(10)5-6-11-14-7-13-8-15-11/h1-4,7-8H,5-6H2. The lowest BCUT2D eigenvalue weighted by atomic mass is 10.1. The van der Waals surface area contributed by atoms with Crippen molar-refractivity contribution in [1.82, 2.24) is 15.0 Å². The summed E-state index contributed by atoms with van der Waals surface area (Å²) in [6, 6.07) is 8.19. The Balaban J connectivity index is 2.03. The molecule has 0 spiro atoms. The first-order valence-corrected chi connectivity index (χ1v) is 5.50. The van der Waals surface area contributed by atoms with E-state index in [0.29, 0.717) is 0 Å². The number of hydrogen-bond acceptors (Lipinski definition) is 3. The lowest BCUT2D eigenvalue weighted by Crippen LogP contribution is -1.98. The van der Waals surface area contributed by atoms with Gasteiger partial charge in [0.2, 0.25) is 0 Å². The summed E-state index contributed by atoms with van der Waals surface area (Å²) < 4.78 is 1.14. The highest BCUT2D eigenvalue weighted by Crippen LogP contribution is 2.17. The molecule has 76 valence electrons. The van der Waals surface area contributed by atoms with Crippen LogP contribution in [0.3, 0.4) is 0 Å². The SMILES string of the molecule is Brc1ccccc1CCc1ncncn1. The van der Waals surface area contributed by atoms with Crippen LogP contribution in [0.5, 0.6) is 0 Å². The molecule has 0 aliphatic carbocycles. The fourth-order valence-corrected chi connectivity index (χ4v) is 1.82. The van der Waals surface area contributed by atoms with Gasteiger partial charge < -0.3 is 0 Å². The van der Waals surface area contributed by atoms with Crippen LogP contribution >= 0.6 is 15.9 Å². The summed E-state index contributed by atoms with van der Waals surface area (Å²) in [4.78, 5) is 12.0. The van der Waals surface area contributed by atoms with Crippen molar-refractivity contribution in [3.05, 3.63) is 52.8 Å². The smallest absolute Gasteiger partial charge is 0.132 e. The van der Waals surface area contributed by atoms with Crippen molar-refractivity contribution < 1.29 is 0 Å². The molecule has 1 heterocycles. The number of nitrogens with zero attached hydrogens (tertiary/aromatic N) is 3. The van der Waals surface area contributed by atoms with Crippen LogP contribution in [0.25, 0.3) is 0 Å². The summed E-state index contributed by atoms with van der Waals surface area (Å²) in [5, 5.41) is 0. The van der Waals surface area contributed by atoms with E-state index in [4.69, 9.17) is 0 Å². The average molecular weight is 264 g/mol. The van der Waals surface area contributed by atoms with Crippen LogP contribution in [0.15, 0.2) is 41.4 Å². The van der Waals surface area contributed by atoms with Gasteiger partial charge in [0.25, 0.3) is 0 Å². The molecule has 0 saturated carbocycles. The third kappa shape index (κ3) is 2.83. The minimum absolute atomic E-state index is 0.834.